The van der Waals surface area contributed by atoms with E-state index in [1.165, 1.54) is 12.1 Å². The molecule has 0 aromatic heterocycles. The first-order chi connectivity index (χ1) is 13.3. The minimum atomic E-state index is -3.49. The van der Waals surface area contributed by atoms with Crippen LogP contribution in [-0.2, 0) is 14.8 Å². The summed E-state index contributed by atoms with van der Waals surface area (Å²) in [6.45, 7) is 5.01. The van der Waals surface area contributed by atoms with Crippen molar-refractivity contribution in [3.8, 4) is 5.75 Å². The molecule has 1 heterocycles. The van der Waals surface area contributed by atoms with Crippen molar-refractivity contribution < 1.29 is 17.9 Å². The Hall–Kier alpha value is -2.38. The Labute approximate surface area is 166 Å². The summed E-state index contributed by atoms with van der Waals surface area (Å²) in [7, 11) is -3.49. The maximum atomic E-state index is 12.8. The average Bonchev–Trinajstić information content (AvgIpc) is 2.67. The number of benzene rings is 2. The lowest BCUT2D eigenvalue weighted by atomic mass is 10.0. The van der Waals surface area contributed by atoms with E-state index in [-0.39, 0.29) is 17.4 Å². The van der Waals surface area contributed by atoms with Gasteiger partial charge in [0, 0.05) is 18.8 Å². The van der Waals surface area contributed by atoms with E-state index in [0.29, 0.717) is 30.4 Å². The lowest BCUT2D eigenvalue weighted by Gasteiger charge is -2.30. The first kappa shape index (κ1) is 20.4. The molecular formula is C21H26N2O4S. The van der Waals surface area contributed by atoms with Gasteiger partial charge in [0.25, 0.3) is 5.91 Å². The summed E-state index contributed by atoms with van der Waals surface area (Å²) in [4.78, 5) is 12.3. The highest BCUT2D eigenvalue weighted by atomic mass is 32.2. The van der Waals surface area contributed by atoms with Gasteiger partial charge in [0.15, 0.2) is 6.61 Å². The first-order valence-corrected chi connectivity index (χ1v) is 10.9. The molecule has 1 saturated heterocycles. The summed E-state index contributed by atoms with van der Waals surface area (Å²) in [5, 5.41) is 2.72. The Morgan fingerprint density at radius 2 is 1.96 bits per heavy atom. The summed E-state index contributed by atoms with van der Waals surface area (Å²) in [6.07, 6.45) is 1.94. The third-order valence-corrected chi connectivity index (χ3v) is 6.63. The second-order valence-electron chi connectivity index (χ2n) is 7.29. The van der Waals surface area contributed by atoms with Crippen LogP contribution < -0.4 is 10.1 Å². The third kappa shape index (κ3) is 5.11. The largest absolute Gasteiger partial charge is 0.484 e. The standard InChI is InChI=1S/C21H26N2O4S/c1-16-5-3-7-19(13-16)27-15-21(24)22-18-8-10-20(11-9-18)28(25,26)23-12-4-6-17(2)14-23/h3,5,7-11,13,17H,4,6,12,14-15H2,1-2H3,(H,22,24). The van der Waals surface area contributed by atoms with Crippen LogP contribution in [0.2, 0.25) is 0 Å². The number of amides is 1. The molecule has 0 saturated carbocycles. The molecule has 1 aliphatic rings. The van der Waals surface area contributed by atoms with Gasteiger partial charge in [-0.1, -0.05) is 19.1 Å². The molecule has 1 atom stereocenters. The molecule has 2 aromatic rings. The maximum absolute atomic E-state index is 12.8. The number of hydrogen-bond acceptors (Lipinski definition) is 4. The van der Waals surface area contributed by atoms with Crippen LogP contribution in [0.4, 0.5) is 5.69 Å². The van der Waals surface area contributed by atoms with Crippen LogP contribution in [0.5, 0.6) is 5.75 Å². The van der Waals surface area contributed by atoms with Gasteiger partial charge in [0.2, 0.25) is 10.0 Å². The van der Waals surface area contributed by atoms with E-state index >= 15 is 0 Å². The van der Waals surface area contributed by atoms with Crippen LogP contribution in [0.3, 0.4) is 0 Å². The van der Waals surface area contributed by atoms with Gasteiger partial charge in [-0.3, -0.25) is 4.79 Å². The molecule has 1 aliphatic heterocycles. The number of carbonyl (C=O) groups is 1. The molecule has 0 radical (unpaired) electrons. The molecule has 0 aliphatic carbocycles. The summed E-state index contributed by atoms with van der Waals surface area (Å²) in [6, 6.07) is 13.7. The minimum Gasteiger partial charge on any atom is -0.484 e. The molecule has 1 amide bonds. The van der Waals surface area contributed by atoms with E-state index in [9.17, 15) is 13.2 Å². The van der Waals surface area contributed by atoms with Crippen LogP contribution in [0.1, 0.15) is 25.3 Å². The molecule has 7 heteroatoms. The number of carbonyl (C=O) groups excluding carboxylic acids is 1. The minimum absolute atomic E-state index is 0.116. The normalized spacial score (nSPS) is 17.9. The Morgan fingerprint density at radius 3 is 2.64 bits per heavy atom. The summed E-state index contributed by atoms with van der Waals surface area (Å²) < 4.78 is 32.6. The van der Waals surface area contributed by atoms with Crippen molar-refractivity contribution in [1.82, 2.24) is 4.31 Å². The van der Waals surface area contributed by atoms with Crippen molar-refractivity contribution in [3.63, 3.8) is 0 Å². The molecule has 28 heavy (non-hydrogen) atoms. The number of anilines is 1. The molecule has 2 aromatic carbocycles. The summed E-state index contributed by atoms with van der Waals surface area (Å²) in [5.41, 5.74) is 1.58. The van der Waals surface area contributed by atoms with E-state index in [2.05, 4.69) is 12.2 Å². The van der Waals surface area contributed by atoms with Crippen molar-refractivity contribution >= 4 is 21.6 Å². The zero-order valence-electron chi connectivity index (χ0n) is 16.2. The number of hydrogen-bond donors (Lipinski definition) is 1. The molecule has 1 N–H and O–H groups in total. The predicted molar refractivity (Wildman–Crippen MR) is 109 cm³/mol. The lowest BCUT2D eigenvalue weighted by Crippen LogP contribution is -2.39. The summed E-state index contributed by atoms with van der Waals surface area (Å²) >= 11 is 0. The van der Waals surface area contributed by atoms with E-state index < -0.39 is 10.0 Å². The number of nitrogens with one attached hydrogen (secondary N) is 1. The Balaban J connectivity index is 1.58. The van der Waals surface area contributed by atoms with E-state index in [0.717, 1.165) is 18.4 Å². The van der Waals surface area contributed by atoms with Gasteiger partial charge in [0.1, 0.15) is 5.75 Å². The van der Waals surface area contributed by atoms with Crippen LogP contribution >= 0.6 is 0 Å². The van der Waals surface area contributed by atoms with E-state index in [1.54, 1.807) is 22.5 Å². The second-order valence-corrected chi connectivity index (χ2v) is 9.23. The number of nitrogens with zero attached hydrogens (tertiary/aromatic N) is 1. The molecule has 150 valence electrons. The fourth-order valence-corrected chi connectivity index (χ4v) is 4.87. The number of ether oxygens (including phenoxy) is 1. The van der Waals surface area contributed by atoms with Crippen molar-refractivity contribution in [2.75, 3.05) is 25.0 Å². The van der Waals surface area contributed by atoms with E-state index in [1.807, 2.05) is 25.1 Å². The van der Waals surface area contributed by atoms with Gasteiger partial charge in [-0.25, -0.2) is 8.42 Å². The third-order valence-electron chi connectivity index (χ3n) is 4.76. The molecule has 1 unspecified atom stereocenters. The highest BCUT2D eigenvalue weighted by Crippen LogP contribution is 2.24. The topological polar surface area (TPSA) is 75.7 Å². The molecule has 6 nitrogen and oxygen atoms in total. The average molecular weight is 403 g/mol. The SMILES string of the molecule is Cc1cccc(OCC(=O)Nc2ccc(S(=O)(=O)N3CCCC(C)C3)cc2)c1. The predicted octanol–water partition coefficient (Wildman–Crippen LogP) is 3.43. The van der Waals surface area contributed by atoms with Crippen molar-refractivity contribution in [3.05, 3.63) is 54.1 Å². The number of piperidine rings is 1. The van der Waals surface area contributed by atoms with Crippen LogP contribution in [0.25, 0.3) is 0 Å². The maximum Gasteiger partial charge on any atom is 0.262 e. The highest BCUT2D eigenvalue weighted by molar-refractivity contribution is 7.89. The fraction of sp³-hybridized carbons (Fsp3) is 0.381. The zero-order valence-corrected chi connectivity index (χ0v) is 17.0. The first-order valence-electron chi connectivity index (χ1n) is 9.44. The van der Waals surface area contributed by atoms with Gasteiger partial charge in [-0.15, -0.1) is 0 Å². The van der Waals surface area contributed by atoms with Crippen LogP contribution in [0.15, 0.2) is 53.4 Å². The molecule has 3 rings (SSSR count). The van der Waals surface area contributed by atoms with Crippen molar-refractivity contribution in [2.45, 2.75) is 31.6 Å². The van der Waals surface area contributed by atoms with Gasteiger partial charge in [-0.05, 0) is 67.6 Å². The second kappa shape index (κ2) is 8.75. The quantitative estimate of drug-likeness (QED) is 0.803. The van der Waals surface area contributed by atoms with Crippen LogP contribution in [-0.4, -0.2) is 38.3 Å². The van der Waals surface area contributed by atoms with Crippen LogP contribution in [0, 0.1) is 12.8 Å². The van der Waals surface area contributed by atoms with Gasteiger partial charge >= 0.3 is 0 Å². The molecule has 0 bridgehead atoms. The monoisotopic (exact) mass is 402 g/mol. The van der Waals surface area contributed by atoms with E-state index in [4.69, 9.17) is 4.74 Å². The molecular weight excluding hydrogens is 376 g/mol. The number of rotatable bonds is 6. The fourth-order valence-electron chi connectivity index (χ4n) is 3.27. The van der Waals surface area contributed by atoms with Gasteiger partial charge in [0.05, 0.1) is 4.90 Å². The van der Waals surface area contributed by atoms with Crippen molar-refractivity contribution in [2.24, 2.45) is 5.92 Å². The molecule has 1 fully saturated rings. The number of sulfonamides is 1. The highest BCUT2D eigenvalue weighted by Gasteiger charge is 2.28. The number of aryl methyl sites for hydroxylation is 1. The zero-order chi connectivity index (χ0) is 20.1. The summed E-state index contributed by atoms with van der Waals surface area (Å²) in [5.74, 6) is 0.699. The Morgan fingerprint density at radius 1 is 1.21 bits per heavy atom. The van der Waals surface area contributed by atoms with Gasteiger partial charge in [-0.2, -0.15) is 4.31 Å². The molecule has 0 spiro atoms. The Kier molecular flexibility index (Phi) is 6.36. The van der Waals surface area contributed by atoms with Gasteiger partial charge < -0.3 is 10.1 Å². The Bertz CT molecular complexity index is 926. The smallest absolute Gasteiger partial charge is 0.262 e. The lowest BCUT2D eigenvalue weighted by molar-refractivity contribution is -0.118. The van der Waals surface area contributed by atoms with Crippen molar-refractivity contribution in [1.29, 1.82) is 0 Å².